The Morgan fingerprint density at radius 1 is 1.36 bits per heavy atom. The third kappa shape index (κ3) is 2.77. The summed E-state index contributed by atoms with van der Waals surface area (Å²) in [6, 6.07) is 9.02. The van der Waals surface area contributed by atoms with E-state index in [0.717, 1.165) is 16.8 Å². The van der Waals surface area contributed by atoms with Crippen molar-refractivity contribution in [3.8, 4) is 0 Å². The largest absolute Gasteiger partial charge is 0.396 e. The van der Waals surface area contributed by atoms with Gasteiger partial charge in [0.05, 0.1) is 16.6 Å². The zero-order chi connectivity index (χ0) is 17.4. The molecular formula is C18H17ClN4O2. The molecule has 7 heteroatoms. The average molecular weight is 357 g/mol. The van der Waals surface area contributed by atoms with Crippen molar-refractivity contribution in [2.75, 3.05) is 13.2 Å². The van der Waals surface area contributed by atoms with E-state index >= 15 is 0 Å². The molecule has 0 spiro atoms. The molecule has 1 aliphatic rings. The van der Waals surface area contributed by atoms with Crippen LogP contribution in [-0.2, 0) is 6.42 Å². The lowest BCUT2D eigenvalue weighted by Crippen LogP contribution is -2.41. The number of aromatic amines is 1. The van der Waals surface area contributed by atoms with Gasteiger partial charge in [0.25, 0.3) is 5.91 Å². The number of imidazole rings is 1. The number of fused-ring (bicyclic) bond motifs is 2. The molecule has 128 valence electrons. The normalized spacial score (nSPS) is 16.9. The van der Waals surface area contributed by atoms with Crippen molar-refractivity contribution in [1.29, 1.82) is 0 Å². The Morgan fingerprint density at radius 3 is 3.04 bits per heavy atom. The Bertz CT molecular complexity index is 940. The number of carbonyl (C=O) groups is 1. The first kappa shape index (κ1) is 16.1. The van der Waals surface area contributed by atoms with Crippen molar-refractivity contribution in [2.45, 2.75) is 18.9 Å². The Kier molecular flexibility index (Phi) is 4.15. The topological polar surface area (TPSA) is 82.1 Å². The summed E-state index contributed by atoms with van der Waals surface area (Å²) in [5, 5.41) is 9.97. The Hall–Kier alpha value is -2.44. The monoisotopic (exact) mass is 356 g/mol. The number of amides is 1. The molecule has 3 heterocycles. The maximum atomic E-state index is 13.1. The first-order valence-electron chi connectivity index (χ1n) is 8.19. The SMILES string of the molecule is O=C(c1nc2c(Cl)cccc2[nH]1)N1CCc2ncccc2C1CCO. The van der Waals surface area contributed by atoms with Gasteiger partial charge in [0, 0.05) is 31.5 Å². The highest BCUT2D eigenvalue weighted by Crippen LogP contribution is 2.32. The number of pyridine rings is 1. The van der Waals surface area contributed by atoms with Crippen LogP contribution in [0.15, 0.2) is 36.5 Å². The third-order valence-corrected chi connectivity index (χ3v) is 4.88. The van der Waals surface area contributed by atoms with Gasteiger partial charge in [-0.25, -0.2) is 4.98 Å². The number of aliphatic hydroxyl groups excluding tert-OH is 1. The van der Waals surface area contributed by atoms with Gasteiger partial charge in [0.15, 0.2) is 5.82 Å². The minimum Gasteiger partial charge on any atom is -0.396 e. The summed E-state index contributed by atoms with van der Waals surface area (Å²) in [6.07, 6.45) is 2.91. The van der Waals surface area contributed by atoms with E-state index in [1.807, 2.05) is 24.3 Å². The van der Waals surface area contributed by atoms with Crippen molar-refractivity contribution in [1.82, 2.24) is 19.9 Å². The summed E-state index contributed by atoms with van der Waals surface area (Å²) >= 11 is 6.16. The number of para-hydroxylation sites is 1. The zero-order valence-corrected chi connectivity index (χ0v) is 14.2. The van der Waals surface area contributed by atoms with E-state index in [-0.39, 0.29) is 24.4 Å². The van der Waals surface area contributed by atoms with Gasteiger partial charge in [-0.15, -0.1) is 0 Å². The number of benzene rings is 1. The maximum Gasteiger partial charge on any atom is 0.290 e. The van der Waals surface area contributed by atoms with Gasteiger partial charge in [-0.05, 0) is 30.2 Å². The Morgan fingerprint density at radius 2 is 2.24 bits per heavy atom. The average Bonchev–Trinajstić information content (AvgIpc) is 3.07. The van der Waals surface area contributed by atoms with E-state index in [9.17, 15) is 9.90 Å². The molecule has 0 saturated carbocycles. The number of H-pyrrole nitrogens is 1. The molecule has 0 bridgehead atoms. The zero-order valence-electron chi connectivity index (χ0n) is 13.4. The highest BCUT2D eigenvalue weighted by atomic mass is 35.5. The van der Waals surface area contributed by atoms with Crippen LogP contribution in [0, 0.1) is 0 Å². The van der Waals surface area contributed by atoms with Gasteiger partial charge in [-0.3, -0.25) is 9.78 Å². The Balaban J connectivity index is 1.72. The molecule has 6 nitrogen and oxygen atoms in total. The van der Waals surface area contributed by atoms with Gasteiger partial charge < -0.3 is 15.0 Å². The van der Waals surface area contributed by atoms with Crippen molar-refractivity contribution < 1.29 is 9.90 Å². The summed E-state index contributed by atoms with van der Waals surface area (Å²) in [7, 11) is 0. The third-order valence-electron chi connectivity index (χ3n) is 4.58. The predicted molar refractivity (Wildman–Crippen MR) is 94.5 cm³/mol. The lowest BCUT2D eigenvalue weighted by atomic mass is 9.94. The van der Waals surface area contributed by atoms with E-state index in [1.165, 1.54) is 0 Å². The second kappa shape index (κ2) is 6.46. The van der Waals surface area contributed by atoms with Crippen molar-refractivity contribution in [3.63, 3.8) is 0 Å². The van der Waals surface area contributed by atoms with Crippen LogP contribution in [-0.4, -0.2) is 44.0 Å². The minimum absolute atomic E-state index is 0.00522. The van der Waals surface area contributed by atoms with Gasteiger partial charge in [0.1, 0.15) is 5.52 Å². The summed E-state index contributed by atoms with van der Waals surface area (Å²) < 4.78 is 0. The first-order chi connectivity index (χ1) is 12.2. The van der Waals surface area contributed by atoms with Gasteiger partial charge in [-0.1, -0.05) is 23.7 Å². The molecule has 0 fully saturated rings. The number of rotatable bonds is 3. The van der Waals surface area contributed by atoms with Crippen molar-refractivity contribution >= 4 is 28.5 Å². The molecule has 0 radical (unpaired) electrons. The molecule has 0 aliphatic carbocycles. The van der Waals surface area contributed by atoms with Crippen LogP contribution in [0.3, 0.4) is 0 Å². The molecule has 3 aromatic rings. The fourth-order valence-electron chi connectivity index (χ4n) is 3.42. The van der Waals surface area contributed by atoms with Crippen LogP contribution in [0.1, 0.15) is 34.3 Å². The van der Waals surface area contributed by atoms with E-state index < -0.39 is 0 Å². The summed E-state index contributed by atoms with van der Waals surface area (Å²) in [6.45, 7) is 0.535. The molecule has 1 unspecified atom stereocenters. The van der Waals surface area contributed by atoms with E-state index in [2.05, 4.69) is 15.0 Å². The van der Waals surface area contributed by atoms with Gasteiger partial charge in [-0.2, -0.15) is 0 Å². The van der Waals surface area contributed by atoms with Gasteiger partial charge >= 0.3 is 0 Å². The molecule has 2 N–H and O–H groups in total. The molecule has 4 rings (SSSR count). The van der Waals surface area contributed by atoms with Crippen LogP contribution in [0.5, 0.6) is 0 Å². The standard InChI is InChI=1S/C18H17ClN4O2/c19-12-4-1-5-14-16(12)22-17(21-14)18(25)23-9-6-13-11(3-2-8-20-13)15(23)7-10-24/h1-5,8,15,24H,6-7,9-10H2,(H,21,22). The van der Waals surface area contributed by atoms with Crippen LogP contribution in [0.25, 0.3) is 11.0 Å². The van der Waals surface area contributed by atoms with Crippen LogP contribution in [0.2, 0.25) is 5.02 Å². The molecular weight excluding hydrogens is 340 g/mol. The fraction of sp³-hybridized carbons (Fsp3) is 0.278. The first-order valence-corrected chi connectivity index (χ1v) is 8.56. The van der Waals surface area contributed by atoms with E-state index in [4.69, 9.17) is 11.6 Å². The Labute approximate surface area is 149 Å². The second-order valence-corrected chi connectivity index (χ2v) is 6.44. The number of nitrogens with one attached hydrogen (secondary N) is 1. The number of aromatic nitrogens is 3. The molecule has 1 atom stereocenters. The van der Waals surface area contributed by atoms with Crippen LogP contribution >= 0.6 is 11.6 Å². The number of halogens is 1. The van der Waals surface area contributed by atoms with Crippen LogP contribution in [0.4, 0.5) is 0 Å². The highest BCUT2D eigenvalue weighted by Gasteiger charge is 2.32. The summed E-state index contributed by atoms with van der Waals surface area (Å²) in [5.74, 6) is 0.0681. The fourth-order valence-corrected chi connectivity index (χ4v) is 3.64. The molecule has 1 amide bonds. The number of hydrogen-bond donors (Lipinski definition) is 2. The van der Waals surface area contributed by atoms with Gasteiger partial charge in [0.2, 0.25) is 0 Å². The molecule has 1 aromatic carbocycles. The predicted octanol–water partition coefficient (Wildman–Crippen LogP) is 2.73. The molecule has 25 heavy (non-hydrogen) atoms. The smallest absolute Gasteiger partial charge is 0.290 e. The van der Waals surface area contributed by atoms with E-state index in [1.54, 1.807) is 17.2 Å². The van der Waals surface area contributed by atoms with Crippen molar-refractivity contribution in [3.05, 3.63) is 58.6 Å². The maximum absolute atomic E-state index is 13.1. The van der Waals surface area contributed by atoms with Crippen LogP contribution < -0.4 is 0 Å². The van der Waals surface area contributed by atoms with Crippen molar-refractivity contribution in [2.24, 2.45) is 0 Å². The lowest BCUT2D eigenvalue weighted by molar-refractivity contribution is 0.0615. The van der Waals surface area contributed by atoms with E-state index in [0.29, 0.717) is 29.9 Å². The number of nitrogens with zero attached hydrogens (tertiary/aromatic N) is 3. The summed E-state index contributed by atoms with van der Waals surface area (Å²) in [5.41, 5.74) is 3.29. The molecule has 2 aromatic heterocycles. The number of carbonyl (C=O) groups excluding carboxylic acids is 1. The quantitative estimate of drug-likeness (QED) is 0.756. The summed E-state index contributed by atoms with van der Waals surface area (Å²) in [4.78, 5) is 26.7. The minimum atomic E-state index is -0.210. The highest BCUT2D eigenvalue weighted by molar-refractivity contribution is 6.35. The number of hydrogen-bond acceptors (Lipinski definition) is 4. The lowest BCUT2D eigenvalue weighted by Gasteiger charge is -2.36. The molecule has 0 saturated heterocycles. The molecule has 1 aliphatic heterocycles. The second-order valence-electron chi connectivity index (χ2n) is 6.04. The number of aliphatic hydroxyl groups is 1.